The summed E-state index contributed by atoms with van der Waals surface area (Å²) in [5.41, 5.74) is -0.554. The predicted octanol–water partition coefficient (Wildman–Crippen LogP) is 1.17. The van der Waals surface area contributed by atoms with Crippen LogP contribution in [0.5, 0.6) is 0 Å². The lowest BCUT2D eigenvalue weighted by Crippen LogP contribution is -2.53. The molecule has 0 aromatic heterocycles. The minimum Gasteiger partial charge on any atom is -0.444 e. The molecule has 2 aliphatic rings. The number of aliphatic hydroxyl groups excluding tert-OH is 1. The van der Waals surface area contributed by atoms with Crippen molar-refractivity contribution in [2.45, 2.75) is 63.6 Å². The maximum Gasteiger partial charge on any atom is 0.407 e. The van der Waals surface area contributed by atoms with Gasteiger partial charge in [0, 0.05) is 12.8 Å². The van der Waals surface area contributed by atoms with E-state index in [2.05, 4.69) is 5.32 Å². The highest BCUT2D eigenvalue weighted by atomic mass is 16.7. The van der Waals surface area contributed by atoms with Crippen molar-refractivity contribution < 1.29 is 24.1 Å². The third-order valence-corrected chi connectivity index (χ3v) is 3.33. The maximum atomic E-state index is 11.7. The first-order valence-corrected chi connectivity index (χ1v) is 6.75. The van der Waals surface area contributed by atoms with Gasteiger partial charge in [0.25, 0.3) is 0 Å². The molecule has 0 bridgehead atoms. The molecule has 1 heterocycles. The number of aliphatic hydroxyl groups is 1. The van der Waals surface area contributed by atoms with Gasteiger partial charge in [-0.3, -0.25) is 0 Å². The summed E-state index contributed by atoms with van der Waals surface area (Å²) in [4.78, 5) is 11.7. The SMILES string of the molecule is CC(C)(C)OC(=O)N[C@@H]1CC2(CC[C@H]1O)OCCO2. The van der Waals surface area contributed by atoms with Crippen molar-refractivity contribution in [2.24, 2.45) is 0 Å². The Morgan fingerprint density at radius 2 is 2.00 bits per heavy atom. The van der Waals surface area contributed by atoms with Crippen LogP contribution < -0.4 is 5.32 Å². The lowest BCUT2D eigenvalue weighted by molar-refractivity contribution is -0.194. The quantitative estimate of drug-likeness (QED) is 0.750. The van der Waals surface area contributed by atoms with Gasteiger partial charge in [-0.15, -0.1) is 0 Å². The lowest BCUT2D eigenvalue weighted by Gasteiger charge is -2.39. The van der Waals surface area contributed by atoms with Gasteiger partial charge in [0.05, 0.1) is 25.4 Å². The number of carbonyl (C=O) groups is 1. The van der Waals surface area contributed by atoms with Crippen molar-refractivity contribution in [3.63, 3.8) is 0 Å². The van der Waals surface area contributed by atoms with Gasteiger partial charge in [-0.2, -0.15) is 0 Å². The Morgan fingerprint density at radius 3 is 2.58 bits per heavy atom. The number of rotatable bonds is 1. The molecule has 6 heteroatoms. The first-order chi connectivity index (χ1) is 8.80. The van der Waals surface area contributed by atoms with Gasteiger partial charge in [0.1, 0.15) is 5.60 Å². The van der Waals surface area contributed by atoms with Crippen LogP contribution in [0.25, 0.3) is 0 Å². The van der Waals surface area contributed by atoms with Crippen molar-refractivity contribution in [3.05, 3.63) is 0 Å². The van der Waals surface area contributed by atoms with Crippen LogP contribution in [-0.2, 0) is 14.2 Å². The maximum absolute atomic E-state index is 11.7. The van der Waals surface area contributed by atoms with Gasteiger partial charge in [-0.05, 0) is 27.2 Å². The van der Waals surface area contributed by atoms with E-state index in [1.165, 1.54) is 0 Å². The number of ether oxygens (including phenoxy) is 3. The Labute approximate surface area is 113 Å². The summed E-state index contributed by atoms with van der Waals surface area (Å²) < 4.78 is 16.4. The molecule has 110 valence electrons. The van der Waals surface area contributed by atoms with Gasteiger partial charge in [0.15, 0.2) is 5.79 Å². The molecular formula is C13H23NO5. The van der Waals surface area contributed by atoms with E-state index in [0.29, 0.717) is 32.5 Å². The summed E-state index contributed by atoms with van der Waals surface area (Å²) in [6.07, 6.45) is 0.534. The van der Waals surface area contributed by atoms with Crippen molar-refractivity contribution in [1.82, 2.24) is 5.32 Å². The Bertz CT molecular complexity index is 332. The molecule has 2 fully saturated rings. The van der Waals surface area contributed by atoms with Crippen LogP contribution in [0.1, 0.15) is 40.0 Å². The monoisotopic (exact) mass is 273 g/mol. The number of hydrogen-bond donors (Lipinski definition) is 2. The minimum atomic E-state index is -0.640. The first kappa shape index (κ1) is 14.6. The molecule has 19 heavy (non-hydrogen) atoms. The molecule has 0 unspecified atom stereocenters. The molecule has 2 rings (SSSR count). The van der Waals surface area contributed by atoms with E-state index in [9.17, 15) is 9.90 Å². The number of hydrogen-bond acceptors (Lipinski definition) is 5. The fourth-order valence-corrected chi connectivity index (χ4v) is 2.51. The Balaban J connectivity index is 1.92. The van der Waals surface area contributed by atoms with Crippen molar-refractivity contribution in [2.75, 3.05) is 13.2 Å². The summed E-state index contributed by atoms with van der Waals surface area (Å²) >= 11 is 0. The van der Waals surface area contributed by atoms with E-state index < -0.39 is 29.6 Å². The number of nitrogens with one attached hydrogen (secondary N) is 1. The molecule has 1 spiro atoms. The van der Waals surface area contributed by atoms with Crippen LogP contribution >= 0.6 is 0 Å². The Kier molecular flexibility index (Phi) is 4.03. The van der Waals surface area contributed by atoms with Gasteiger partial charge in [0.2, 0.25) is 0 Å². The van der Waals surface area contributed by atoms with Crippen molar-refractivity contribution >= 4 is 6.09 Å². The fraction of sp³-hybridized carbons (Fsp3) is 0.923. The molecule has 0 radical (unpaired) electrons. The highest BCUT2D eigenvalue weighted by Gasteiger charge is 2.45. The molecule has 1 amide bonds. The second kappa shape index (κ2) is 5.26. The topological polar surface area (TPSA) is 77.0 Å². The van der Waals surface area contributed by atoms with E-state index in [0.717, 1.165) is 0 Å². The predicted molar refractivity (Wildman–Crippen MR) is 67.7 cm³/mol. The van der Waals surface area contributed by atoms with Crippen molar-refractivity contribution in [1.29, 1.82) is 0 Å². The smallest absolute Gasteiger partial charge is 0.407 e. The van der Waals surface area contributed by atoms with Gasteiger partial charge in [-0.25, -0.2) is 4.79 Å². The fourth-order valence-electron chi connectivity index (χ4n) is 2.51. The van der Waals surface area contributed by atoms with Crippen LogP contribution in [0.15, 0.2) is 0 Å². The Morgan fingerprint density at radius 1 is 1.37 bits per heavy atom. The minimum absolute atomic E-state index is 0.401. The van der Waals surface area contributed by atoms with Crippen LogP contribution in [0.3, 0.4) is 0 Å². The largest absolute Gasteiger partial charge is 0.444 e. The van der Waals surface area contributed by atoms with E-state index in [1.54, 1.807) is 20.8 Å². The van der Waals surface area contributed by atoms with Gasteiger partial charge < -0.3 is 24.6 Å². The zero-order valence-corrected chi connectivity index (χ0v) is 11.8. The third kappa shape index (κ3) is 3.81. The molecule has 0 aromatic rings. The standard InChI is InChI=1S/C13H23NO5/c1-12(2,3)19-11(16)14-9-8-13(5-4-10(9)15)17-6-7-18-13/h9-10,15H,4-8H2,1-3H3,(H,14,16)/t9-,10-/m1/s1. The number of alkyl carbamates (subject to hydrolysis) is 1. The summed E-state index contributed by atoms with van der Waals surface area (Å²) in [7, 11) is 0. The average Bonchev–Trinajstić information content (AvgIpc) is 2.70. The normalized spacial score (nSPS) is 30.3. The molecule has 2 atom stereocenters. The van der Waals surface area contributed by atoms with Crippen LogP contribution in [-0.4, -0.2) is 47.9 Å². The summed E-state index contributed by atoms with van der Waals surface area (Å²) in [6.45, 7) is 6.53. The van der Waals surface area contributed by atoms with E-state index >= 15 is 0 Å². The van der Waals surface area contributed by atoms with Gasteiger partial charge >= 0.3 is 6.09 Å². The molecular weight excluding hydrogens is 250 g/mol. The second-order valence-electron chi connectivity index (χ2n) is 6.17. The summed E-state index contributed by atoms with van der Waals surface area (Å²) in [5, 5.41) is 12.7. The lowest BCUT2D eigenvalue weighted by atomic mass is 9.87. The zero-order valence-electron chi connectivity index (χ0n) is 11.8. The zero-order chi connectivity index (χ0) is 14.1. The molecule has 0 aromatic carbocycles. The average molecular weight is 273 g/mol. The van der Waals surface area contributed by atoms with E-state index in [1.807, 2.05) is 0 Å². The van der Waals surface area contributed by atoms with E-state index in [-0.39, 0.29) is 0 Å². The number of carbonyl (C=O) groups excluding carboxylic acids is 1. The summed E-state index contributed by atoms with van der Waals surface area (Å²) in [5.74, 6) is -0.640. The van der Waals surface area contributed by atoms with Crippen LogP contribution in [0, 0.1) is 0 Å². The molecule has 6 nitrogen and oxygen atoms in total. The van der Waals surface area contributed by atoms with Crippen molar-refractivity contribution in [3.8, 4) is 0 Å². The first-order valence-electron chi connectivity index (χ1n) is 6.75. The van der Waals surface area contributed by atoms with Gasteiger partial charge in [-0.1, -0.05) is 0 Å². The Hall–Kier alpha value is -0.850. The molecule has 2 N–H and O–H groups in total. The third-order valence-electron chi connectivity index (χ3n) is 3.33. The van der Waals surface area contributed by atoms with E-state index in [4.69, 9.17) is 14.2 Å². The highest BCUT2D eigenvalue weighted by Crippen LogP contribution is 2.36. The van der Waals surface area contributed by atoms with Crippen LogP contribution in [0.4, 0.5) is 4.79 Å². The summed E-state index contributed by atoms with van der Waals surface area (Å²) in [6, 6.07) is -0.401. The molecule has 1 aliphatic carbocycles. The second-order valence-corrected chi connectivity index (χ2v) is 6.17. The molecule has 1 saturated carbocycles. The highest BCUT2D eigenvalue weighted by molar-refractivity contribution is 5.68. The molecule has 1 aliphatic heterocycles. The number of amides is 1. The molecule has 1 saturated heterocycles. The van der Waals surface area contributed by atoms with Crippen LogP contribution in [0.2, 0.25) is 0 Å².